The van der Waals surface area contributed by atoms with Crippen LogP contribution in [-0.4, -0.2) is 29.8 Å². The van der Waals surface area contributed by atoms with E-state index < -0.39 is 5.91 Å². The number of hydrogen-bond donors (Lipinski definition) is 2. The van der Waals surface area contributed by atoms with Crippen molar-refractivity contribution >= 4 is 39.1 Å². The number of para-hydroxylation sites is 1. The standard InChI is InChI=1S/C23H27N3O3S/c1-4-17-16(14-8-5-6-10-18(14)29-17)12-26(3)13(2)22(28)25-23-20(21(24)27)15-9-7-11-19(15)30-23/h5-6,8,10,13H,4,7,9,11-12H2,1-3H3,(H2,24,27)(H,25,28)/t13-/m0/s1. The Morgan fingerprint density at radius 3 is 2.80 bits per heavy atom. The third-order valence-electron chi connectivity index (χ3n) is 5.96. The molecule has 0 bridgehead atoms. The minimum absolute atomic E-state index is 0.147. The molecule has 7 heteroatoms. The normalized spacial score (nSPS) is 14.3. The summed E-state index contributed by atoms with van der Waals surface area (Å²) < 4.78 is 5.98. The number of amides is 2. The van der Waals surface area contributed by atoms with Gasteiger partial charge < -0.3 is 15.5 Å². The number of nitrogens with two attached hydrogens (primary N) is 1. The number of carbonyl (C=O) groups is 2. The molecule has 2 aromatic heterocycles. The van der Waals surface area contributed by atoms with Gasteiger partial charge in [0.15, 0.2) is 0 Å². The van der Waals surface area contributed by atoms with Gasteiger partial charge in [0.05, 0.1) is 11.6 Å². The van der Waals surface area contributed by atoms with Crippen molar-refractivity contribution in [2.24, 2.45) is 5.73 Å². The van der Waals surface area contributed by atoms with Crippen molar-refractivity contribution in [1.82, 2.24) is 4.90 Å². The molecule has 158 valence electrons. The predicted octanol–water partition coefficient (Wildman–Crippen LogP) is 4.10. The average Bonchev–Trinajstić information content (AvgIpc) is 3.39. The zero-order chi connectivity index (χ0) is 21.4. The van der Waals surface area contributed by atoms with Crippen molar-refractivity contribution in [3.63, 3.8) is 0 Å². The lowest BCUT2D eigenvalue weighted by molar-refractivity contribution is -0.120. The molecule has 0 fully saturated rings. The van der Waals surface area contributed by atoms with E-state index in [9.17, 15) is 9.59 Å². The zero-order valence-electron chi connectivity index (χ0n) is 17.6. The maximum absolute atomic E-state index is 13.0. The van der Waals surface area contributed by atoms with Gasteiger partial charge in [-0.15, -0.1) is 11.3 Å². The van der Waals surface area contributed by atoms with Gasteiger partial charge in [-0.05, 0) is 44.9 Å². The molecule has 0 spiro atoms. The molecular weight excluding hydrogens is 398 g/mol. The topological polar surface area (TPSA) is 88.6 Å². The molecule has 3 N–H and O–H groups in total. The van der Waals surface area contributed by atoms with E-state index >= 15 is 0 Å². The van der Waals surface area contributed by atoms with Crippen LogP contribution in [0.4, 0.5) is 5.00 Å². The second kappa shape index (κ2) is 8.24. The van der Waals surface area contributed by atoms with Crippen LogP contribution in [0, 0.1) is 0 Å². The van der Waals surface area contributed by atoms with Crippen LogP contribution >= 0.6 is 11.3 Å². The van der Waals surface area contributed by atoms with Crippen LogP contribution in [0.15, 0.2) is 28.7 Å². The highest BCUT2D eigenvalue weighted by molar-refractivity contribution is 7.17. The van der Waals surface area contributed by atoms with Crippen LogP contribution in [0.1, 0.15) is 52.4 Å². The fourth-order valence-electron chi connectivity index (χ4n) is 4.16. The Labute approximate surface area is 180 Å². The smallest absolute Gasteiger partial charge is 0.251 e. The molecule has 1 atom stereocenters. The maximum Gasteiger partial charge on any atom is 0.251 e. The molecule has 0 unspecified atom stereocenters. The summed E-state index contributed by atoms with van der Waals surface area (Å²) in [7, 11) is 1.93. The number of benzene rings is 1. The van der Waals surface area contributed by atoms with Crippen molar-refractivity contribution in [2.75, 3.05) is 12.4 Å². The van der Waals surface area contributed by atoms with E-state index in [4.69, 9.17) is 10.2 Å². The summed E-state index contributed by atoms with van der Waals surface area (Å²) in [5, 5.41) is 4.63. The summed E-state index contributed by atoms with van der Waals surface area (Å²) >= 11 is 1.48. The van der Waals surface area contributed by atoms with Crippen molar-refractivity contribution in [2.45, 2.75) is 52.1 Å². The minimum Gasteiger partial charge on any atom is -0.461 e. The fourth-order valence-corrected chi connectivity index (χ4v) is 5.46. The van der Waals surface area contributed by atoms with Gasteiger partial charge in [0.1, 0.15) is 16.3 Å². The van der Waals surface area contributed by atoms with Gasteiger partial charge in [0, 0.05) is 28.8 Å². The van der Waals surface area contributed by atoms with E-state index in [1.165, 1.54) is 11.3 Å². The first-order valence-electron chi connectivity index (χ1n) is 10.3. The van der Waals surface area contributed by atoms with Gasteiger partial charge in [0.25, 0.3) is 5.91 Å². The highest BCUT2D eigenvalue weighted by atomic mass is 32.1. The first-order valence-corrected chi connectivity index (χ1v) is 11.2. The molecule has 3 aromatic rings. The number of aryl methyl sites for hydroxylation is 2. The molecule has 2 amide bonds. The van der Waals surface area contributed by atoms with E-state index in [1.807, 2.05) is 37.1 Å². The molecule has 6 nitrogen and oxygen atoms in total. The molecule has 1 aromatic carbocycles. The number of likely N-dealkylation sites (N-methyl/N-ethyl adjacent to an activating group) is 1. The quantitative estimate of drug-likeness (QED) is 0.596. The zero-order valence-corrected chi connectivity index (χ0v) is 18.4. The Balaban J connectivity index is 1.52. The summed E-state index contributed by atoms with van der Waals surface area (Å²) in [5.41, 5.74) is 9.10. The van der Waals surface area contributed by atoms with E-state index in [0.29, 0.717) is 17.1 Å². The lowest BCUT2D eigenvalue weighted by atomic mass is 10.1. The van der Waals surface area contributed by atoms with Gasteiger partial charge in [0.2, 0.25) is 5.91 Å². The molecule has 30 heavy (non-hydrogen) atoms. The number of rotatable bonds is 7. The third-order valence-corrected chi connectivity index (χ3v) is 7.16. The number of carbonyl (C=O) groups excluding carboxylic acids is 2. The lowest BCUT2D eigenvalue weighted by Crippen LogP contribution is -2.39. The van der Waals surface area contributed by atoms with Crippen LogP contribution in [0.25, 0.3) is 11.0 Å². The largest absolute Gasteiger partial charge is 0.461 e. The summed E-state index contributed by atoms with van der Waals surface area (Å²) in [6.07, 6.45) is 3.62. The SMILES string of the molecule is CCc1oc2ccccc2c1CN(C)[C@@H](C)C(=O)Nc1sc2c(c1C(N)=O)CCC2. The van der Waals surface area contributed by atoms with Crippen LogP contribution in [-0.2, 0) is 30.6 Å². The van der Waals surface area contributed by atoms with E-state index in [1.54, 1.807) is 0 Å². The number of furan rings is 1. The molecular formula is C23H27N3O3S. The molecule has 1 aliphatic carbocycles. The summed E-state index contributed by atoms with van der Waals surface area (Å²) in [6, 6.07) is 7.59. The van der Waals surface area contributed by atoms with Crippen molar-refractivity contribution < 1.29 is 14.0 Å². The number of nitrogens with zero attached hydrogens (tertiary/aromatic N) is 1. The summed E-state index contributed by atoms with van der Waals surface area (Å²) in [4.78, 5) is 28.1. The minimum atomic E-state index is -0.469. The number of anilines is 1. The Morgan fingerprint density at radius 1 is 1.30 bits per heavy atom. The van der Waals surface area contributed by atoms with E-state index in [2.05, 4.69) is 18.3 Å². The highest BCUT2D eigenvalue weighted by Crippen LogP contribution is 2.39. The lowest BCUT2D eigenvalue weighted by Gasteiger charge is -2.24. The van der Waals surface area contributed by atoms with Gasteiger partial charge in [-0.3, -0.25) is 14.5 Å². The van der Waals surface area contributed by atoms with Crippen LogP contribution < -0.4 is 11.1 Å². The Morgan fingerprint density at radius 2 is 2.07 bits per heavy atom. The van der Waals surface area contributed by atoms with Gasteiger partial charge in [-0.25, -0.2) is 0 Å². The second-order valence-electron chi connectivity index (χ2n) is 7.86. The number of nitrogens with one attached hydrogen (secondary N) is 1. The molecule has 0 aliphatic heterocycles. The van der Waals surface area contributed by atoms with Crippen molar-refractivity contribution in [3.8, 4) is 0 Å². The predicted molar refractivity (Wildman–Crippen MR) is 120 cm³/mol. The molecule has 1 aliphatic rings. The van der Waals surface area contributed by atoms with Crippen LogP contribution in [0.3, 0.4) is 0 Å². The van der Waals surface area contributed by atoms with Crippen molar-refractivity contribution in [1.29, 1.82) is 0 Å². The molecule has 0 radical (unpaired) electrons. The maximum atomic E-state index is 13.0. The molecule has 0 saturated carbocycles. The number of fused-ring (bicyclic) bond motifs is 2. The Bertz CT molecular complexity index is 1110. The van der Waals surface area contributed by atoms with Gasteiger partial charge >= 0.3 is 0 Å². The molecule has 0 saturated heterocycles. The average molecular weight is 426 g/mol. The molecule has 2 heterocycles. The monoisotopic (exact) mass is 425 g/mol. The van der Waals surface area contributed by atoms with Gasteiger partial charge in [-0.2, -0.15) is 0 Å². The molecule has 4 rings (SSSR count). The van der Waals surface area contributed by atoms with Crippen LogP contribution in [0.2, 0.25) is 0 Å². The second-order valence-corrected chi connectivity index (χ2v) is 8.96. The number of hydrogen-bond acceptors (Lipinski definition) is 5. The summed E-state index contributed by atoms with van der Waals surface area (Å²) in [5.74, 6) is 0.329. The van der Waals surface area contributed by atoms with Crippen molar-refractivity contribution in [3.05, 3.63) is 51.6 Å². The first kappa shape index (κ1) is 20.6. The Kier molecular flexibility index (Phi) is 5.66. The first-order chi connectivity index (χ1) is 14.4. The highest BCUT2D eigenvalue weighted by Gasteiger charge is 2.28. The number of primary amides is 1. The van der Waals surface area contributed by atoms with E-state index in [0.717, 1.165) is 58.4 Å². The number of thiophene rings is 1. The van der Waals surface area contributed by atoms with Crippen LogP contribution in [0.5, 0.6) is 0 Å². The Hall–Kier alpha value is -2.64. The summed E-state index contributed by atoms with van der Waals surface area (Å²) in [6.45, 7) is 4.53. The third kappa shape index (κ3) is 3.63. The van der Waals surface area contributed by atoms with Gasteiger partial charge in [-0.1, -0.05) is 25.1 Å². The fraction of sp³-hybridized carbons (Fsp3) is 0.391. The van der Waals surface area contributed by atoms with E-state index in [-0.39, 0.29) is 11.9 Å².